The second-order valence-electron chi connectivity index (χ2n) is 2.94. The van der Waals surface area contributed by atoms with E-state index in [0.717, 1.165) is 11.3 Å². The average molecular weight is 163 g/mol. The van der Waals surface area contributed by atoms with E-state index in [1.165, 1.54) is 11.1 Å². The standard InChI is InChI=1S/C10H13NO/c1-7-4-5-10(11-6-12)9(3)8(7)2/h4-6H,1-3H3,(H,11,12). The van der Waals surface area contributed by atoms with Gasteiger partial charge >= 0.3 is 0 Å². The van der Waals surface area contributed by atoms with Gasteiger partial charge in [0, 0.05) is 5.69 Å². The van der Waals surface area contributed by atoms with Gasteiger partial charge in [0.25, 0.3) is 0 Å². The number of carbonyl (C=O) groups excluding carboxylic acids is 1. The lowest BCUT2D eigenvalue weighted by molar-refractivity contribution is -0.105. The van der Waals surface area contributed by atoms with Gasteiger partial charge in [-0.3, -0.25) is 4.79 Å². The molecule has 2 heteroatoms. The molecule has 0 atom stereocenters. The Morgan fingerprint density at radius 2 is 1.83 bits per heavy atom. The van der Waals surface area contributed by atoms with Crippen molar-refractivity contribution in [3.8, 4) is 0 Å². The van der Waals surface area contributed by atoms with Crippen LogP contribution < -0.4 is 5.32 Å². The van der Waals surface area contributed by atoms with Crippen molar-refractivity contribution in [3.63, 3.8) is 0 Å². The molecule has 0 spiro atoms. The van der Waals surface area contributed by atoms with E-state index in [4.69, 9.17) is 0 Å². The van der Waals surface area contributed by atoms with Gasteiger partial charge in [0.1, 0.15) is 0 Å². The van der Waals surface area contributed by atoms with Gasteiger partial charge < -0.3 is 5.32 Å². The van der Waals surface area contributed by atoms with Gasteiger partial charge in [0.2, 0.25) is 6.41 Å². The summed E-state index contributed by atoms with van der Waals surface area (Å²) in [5, 5.41) is 2.66. The normalized spacial score (nSPS) is 9.58. The zero-order valence-electron chi connectivity index (χ0n) is 7.64. The summed E-state index contributed by atoms with van der Waals surface area (Å²) in [7, 11) is 0. The lowest BCUT2D eigenvalue weighted by atomic mass is 10.0. The second kappa shape index (κ2) is 3.39. The van der Waals surface area contributed by atoms with E-state index >= 15 is 0 Å². The molecule has 0 heterocycles. The molecule has 0 aliphatic rings. The van der Waals surface area contributed by atoms with Crippen LogP contribution in [0.3, 0.4) is 0 Å². The number of amides is 1. The fraction of sp³-hybridized carbons (Fsp3) is 0.300. The molecule has 0 unspecified atom stereocenters. The third-order valence-corrected chi connectivity index (χ3v) is 2.27. The minimum atomic E-state index is 0.705. The molecule has 0 bridgehead atoms. The summed E-state index contributed by atoms with van der Waals surface area (Å²) in [6, 6.07) is 3.93. The van der Waals surface area contributed by atoms with Crippen LogP contribution in [0, 0.1) is 20.8 Å². The molecule has 1 rings (SSSR count). The van der Waals surface area contributed by atoms with Gasteiger partial charge in [0.05, 0.1) is 0 Å². The minimum Gasteiger partial charge on any atom is -0.328 e. The number of rotatable bonds is 2. The van der Waals surface area contributed by atoms with Crippen molar-refractivity contribution in [2.24, 2.45) is 0 Å². The predicted octanol–water partition coefficient (Wildman–Crippen LogP) is 2.18. The maximum atomic E-state index is 10.2. The Morgan fingerprint density at radius 1 is 1.17 bits per heavy atom. The number of nitrogens with one attached hydrogen (secondary N) is 1. The minimum absolute atomic E-state index is 0.705. The Labute approximate surface area is 72.6 Å². The van der Waals surface area contributed by atoms with Crippen LogP contribution in [-0.4, -0.2) is 6.41 Å². The Hall–Kier alpha value is -1.31. The molecule has 0 aromatic heterocycles. The third kappa shape index (κ3) is 1.47. The summed E-state index contributed by atoms with van der Waals surface area (Å²) in [5.74, 6) is 0. The quantitative estimate of drug-likeness (QED) is 0.665. The Kier molecular flexibility index (Phi) is 2.48. The van der Waals surface area contributed by atoms with E-state index in [1.54, 1.807) is 0 Å². The Bertz CT molecular complexity index is 305. The topological polar surface area (TPSA) is 29.1 Å². The van der Waals surface area contributed by atoms with Gasteiger partial charge in [-0.2, -0.15) is 0 Å². The van der Waals surface area contributed by atoms with Crippen molar-refractivity contribution in [1.82, 2.24) is 0 Å². The smallest absolute Gasteiger partial charge is 0.211 e. The van der Waals surface area contributed by atoms with Gasteiger partial charge in [-0.05, 0) is 43.5 Å². The van der Waals surface area contributed by atoms with Gasteiger partial charge in [-0.15, -0.1) is 0 Å². The van der Waals surface area contributed by atoms with Gasteiger partial charge in [-0.25, -0.2) is 0 Å². The first-order chi connectivity index (χ1) is 5.66. The third-order valence-electron chi connectivity index (χ3n) is 2.27. The first-order valence-corrected chi connectivity index (χ1v) is 3.94. The first-order valence-electron chi connectivity index (χ1n) is 3.94. The van der Waals surface area contributed by atoms with Crippen LogP contribution in [0.2, 0.25) is 0 Å². The molecular weight excluding hydrogens is 150 g/mol. The van der Waals surface area contributed by atoms with Gasteiger partial charge in [0.15, 0.2) is 0 Å². The number of hydrogen-bond donors (Lipinski definition) is 1. The molecule has 0 saturated heterocycles. The molecule has 0 radical (unpaired) electrons. The summed E-state index contributed by atoms with van der Waals surface area (Å²) < 4.78 is 0. The maximum Gasteiger partial charge on any atom is 0.211 e. The highest BCUT2D eigenvalue weighted by Crippen LogP contribution is 2.20. The second-order valence-corrected chi connectivity index (χ2v) is 2.94. The molecule has 1 N–H and O–H groups in total. The monoisotopic (exact) mass is 163 g/mol. The molecule has 64 valence electrons. The largest absolute Gasteiger partial charge is 0.328 e. The zero-order valence-corrected chi connectivity index (χ0v) is 7.64. The lowest BCUT2D eigenvalue weighted by Crippen LogP contribution is -1.98. The number of aryl methyl sites for hydroxylation is 1. The van der Waals surface area contributed by atoms with Crippen molar-refractivity contribution in [2.75, 3.05) is 5.32 Å². The summed E-state index contributed by atoms with van der Waals surface area (Å²) in [6.45, 7) is 6.13. The predicted molar refractivity (Wildman–Crippen MR) is 50.3 cm³/mol. The SMILES string of the molecule is Cc1ccc(NC=O)c(C)c1C. The molecule has 0 saturated carbocycles. The fourth-order valence-electron chi connectivity index (χ4n) is 1.18. The number of carbonyl (C=O) groups is 1. The van der Waals surface area contributed by atoms with Crippen molar-refractivity contribution < 1.29 is 4.79 Å². The molecule has 1 aromatic rings. The number of benzene rings is 1. The zero-order chi connectivity index (χ0) is 9.14. The van der Waals surface area contributed by atoms with Crippen molar-refractivity contribution in [3.05, 3.63) is 28.8 Å². The molecule has 1 aromatic carbocycles. The van der Waals surface area contributed by atoms with Crippen molar-refractivity contribution in [1.29, 1.82) is 0 Å². The molecule has 0 fully saturated rings. The molecular formula is C10H13NO. The lowest BCUT2D eigenvalue weighted by Gasteiger charge is -2.09. The summed E-state index contributed by atoms with van der Waals surface area (Å²) in [6.07, 6.45) is 0.705. The van der Waals surface area contributed by atoms with Crippen LogP contribution in [0.25, 0.3) is 0 Å². The van der Waals surface area contributed by atoms with E-state index in [2.05, 4.69) is 19.2 Å². The van der Waals surface area contributed by atoms with Crippen molar-refractivity contribution >= 4 is 12.1 Å². The molecule has 0 aliphatic carbocycles. The number of anilines is 1. The van der Waals surface area contributed by atoms with Crippen LogP contribution in [0.4, 0.5) is 5.69 Å². The van der Waals surface area contributed by atoms with Gasteiger partial charge in [-0.1, -0.05) is 6.07 Å². The average Bonchev–Trinajstić information content (AvgIpc) is 2.07. The van der Waals surface area contributed by atoms with E-state index in [0.29, 0.717) is 6.41 Å². The van der Waals surface area contributed by atoms with Crippen LogP contribution in [-0.2, 0) is 4.79 Å². The summed E-state index contributed by atoms with van der Waals surface area (Å²) in [4.78, 5) is 10.2. The highest BCUT2D eigenvalue weighted by Gasteiger charge is 2.01. The molecule has 12 heavy (non-hydrogen) atoms. The Balaban J connectivity index is 3.16. The van der Waals surface area contributed by atoms with Crippen LogP contribution in [0.1, 0.15) is 16.7 Å². The van der Waals surface area contributed by atoms with Crippen LogP contribution in [0.15, 0.2) is 12.1 Å². The van der Waals surface area contributed by atoms with E-state index < -0.39 is 0 Å². The maximum absolute atomic E-state index is 10.2. The molecule has 0 aliphatic heterocycles. The summed E-state index contributed by atoms with van der Waals surface area (Å²) in [5.41, 5.74) is 4.53. The van der Waals surface area contributed by atoms with Crippen LogP contribution in [0.5, 0.6) is 0 Å². The fourth-order valence-corrected chi connectivity index (χ4v) is 1.18. The first kappa shape index (κ1) is 8.78. The molecule has 1 amide bonds. The number of hydrogen-bond acceptors (Lipinski definition) is 1. The van der Waals surface area contributed by atoms with E-state index in [-0.39, 0.29) is 0 Å². The summed E-state index contributed by atoms with van der Waals surface area (Å²) >= 11 is 0. The Morgan fingerprint density at radius 3 is 2.42 bits per heavy atom. The van der Waals surface area contributed by atoms with E-state index in [9.17, 15) is 4.79 Å². The van der Waals surface area contributed by atoms with E-state index in [1.807, 2.05) is 19.1 Å². The van der Waals surface area contributed by atoms with Crippen molar-refractivity contribution in [2.45, 2.75) is 20.8 Å². The highest BCUT2D eigenvalue weighted by atomic mass is 16.1. The van der Waals surface area contributed by atoms with Crippen LogP contribution >= 0.6 is 0 Å². The molecule has 2 nitrogen and oxygen atoms in total. The highest BCUT2D eigenvalue weighted by molar-refractivity contribution is 5.74.